The molecular formula is C26H24N4O3. The number of ether oxygens (including phenoxy) is 1. The van der Waals surface area contributed by atoms with E-state index in [4.69, 9.17) is 9.26 Å². The van der Waals surface area contributed by atoms with E-state index in [1.807, 2.05) is 65.6 Å². The van der Waals surface area contributed by atoms with Crippen molar-refractivity contribution in [1.82, 2.24) is 15.0 Å². The molecule has 3 aromatic carbocycles. The van der Waals surface area contributed by atoms with Crippen molar-refractivity contribution in [2.45, 2.75) is 6.61 Å². The van der Waals surface area contributed by atoms with E-state index in [1.54, 1.807) is 12.1 Å². The Morgan fingerprint density at radius 3 is 2.27 bits per heavy atom. The number of aromatic nitrogens is 2. The van der Waals surface area contributed by atoms with Crippen molar-refractivity contribution in [2.75, 3.05) is 31.1 Å². The van der Waals surface area contributed by atoms with Crippen LogP contribution in [0.1, 0.15) is 16.2 Å². The summed E-state index contributed by atoms with van der Waals surface area (Å²) < 4.78 is 11.2. The van der Waals surface area contributed by atoms with E-state index >= 15 is 0 Å². The van der Waals surface area contributed by atoms with Crippen LogP contribution in [-0.2, 0) is 6.61 Å². The van der Waals surface area contributed by atoms with Crippen molar-refractivity contribution in [2.24, 2.45) is 0 Å². The maximum Gasteiger partial charge on any atom is 0.264 e. The summed E-state index contributed by atoms with van der Waals surface area (Å²) in [6.45, 7) is 3.00. The number of amides is 1. The Balaban J connectivity index is 1.23. The highest BCUT2D eigenvalue weighted by atomic mass is 16.5. The highest BCUT2D eigenvalue weighted by Crippen LogP contribution is 2.23. The lowest BCUT2D eigenvalue weighted by Crippen LogP contribution is -2.48. The van der Waals surface area contributed by atoms with Crippen LogP contribution >= 0.6 is 0 Å². The lowest BCUT2D eigenvalue weighted by atomic mass is 10.1. The molecule has 0 atom stereocenters. The lowest BCUT2D eigenvalue weighted by molar-refractivity contribution is 0.0741. The average Bonchev–Trinajstić information content (AvgIpc) is 3.38. The first kappa shape index (κ1) is 20.8. The van der Waals surface area contributed by atoms with Gasteiger partial charge in [-0.2, -0.15) is 4.98 Å². The molecule has 1 aliphatic rings. The molecule has 0 radical (unpaired) electrons. The summed E-state index contributed by atoms with van der Waals surface area (Å²) in [6, 6.07) is 27.2. The van der Waals surface area contributed by atoms with Crippen LogP contribution in [0.5, 0.6) is 5.75 Å². The van der Waals surface area contributed by atoms with Gasteiger partial charge in [0.1, 0.15) is 5.75 Å². The standard InChI is InChI=1S/C26H24N4O3/c31-26(30-17-15-29(16-18-30)21-11-5-2-6-12-21)22-13-7-8-14-23(22)32-19-24-27-25(28-33-24)20-9-3-1-4-10-20/h1-14H,15-19H2. The second kappa shape index (κ2) is 9.56. The number of nitrogens with zero attached hydrogens (tertiary/aromatic N) is 4. The normalized spacial score (nSPS) is 13.7. The summed E-state index contributed by atoms with van der Waals surface area (Å²) >= 11 is 0. The first-order chi connectivity index (χ1) is 16.3. The summed E-state index contributed by atoms with van der Waals surface area (Å²) in [4.78, 5) is 21.8. The zero-order valence-electron chi connectivity index (χ0n) is 18.1. The fourth-order valence-electron chi connectivity index (χ4n) is 3.90. The predicted octanol–water partition coefficient (Wildman–Crippen LogP) is 4.28. The van der Waals surface area contributed by atoms with Gasteiger partial charge in [0.05, 0.1) is 5.56 Å². The van der Waals surface area contributed by atoms with Crippen LogP contribution in [-0.4, -0.2) is 47.1 Å². The van der Waals surface area contributed by atoms with Crippen molar-refractivity contribution in [1.29, 1.82) is 0 Å². The van der Waals surface area contributed by atoms with E-state index in [9.17, 15) is 4.79 Å². The molecule has 0 saturated carbocycles. The third-order valence-electron chi connectivity index (χ3n) is 5.66. The van der Waals surface area contributed by atoms with E-state index in [2.05, 4.69) is 27.2 Å². The molecule has 0 unspecified atom stereocenters. The zero-order valence-corrected chi connectivity index (χ0v) is 18.1. The molecule has 0 spiro atoms. The van der Waals surface area contributed by atoms with Crippen LogP contribution < -0.4 is 9.64 Å². The first-order valence-corrected chi connectivity index (χ1v) is 11.0. The number of para-hydroxylation sites is 2. The Morgan fingerprint density at radius 1 is 0.848 bits per heavy atom. The highest BCUT2D eigenvalue weighted by molar-refractivity contribution is 5.97. The van der Waals surface area contributed by atoms with Gasteiger partial charge in [-0.3, -0.25) is 4.79 Å². The minimum atomic E-state index is -0.0335. The molecule has 2 heterocycles. The molecular weight excluding hydrogens is 416 g/mol. The average molecular weight is 441 g/mol. The Bertz CT molecular complexity index is 1200. The molecule has 1 aromatic heterocycles. The molecule has 1 amide bonds. The van der Waals surface area contributed by atoms with Crippen LogP contribution in [0.4, 0.5) is 5.69 Å². The summed E-state index contributed by atoms with van der Waals surface area (Å²) in [5.41, 5.74) is 2.59. The van der Waals surface area contributed by atoms with Crippen molar-refractivity contribution in [3.05, 3.63) is 96.4 Å². The van der Waals surface area contributed by atoms with Gasteiger partial charge in [-0.05, 0) is 24.3 Å². The molecule has 33 heavy (non-hydrogen) atoms. The Morgan fingerprint density at radius 2 is 1.52 bits per heavy atom. The van der Waals surface area contributed by atoms with Crippen LogP contribution in [0.15, 0.2) is 89.5 Å². The second-order valence-corrected chi connectivity index (χ2v) is 7.78. The van der Waals surface area contributed by atoms with Crippen molar-refractivity contribution in [3.63, 3.8) is 0 Å². The van der Waals surface area contributed by atoms with Gasteiger partial charge >= 0.3 is 0 Å². The van der Waals surface area contributed by atoms with Gasteiger partial charge in [0, 0.05) is 37.4 Å². The van der Waals surface area contributed by atoms with Gasteiger partial charge in [-0.15, -0.1) is 0 Å². The summed E-state index contributed by atoms with van der Waals surface area (Å²) in [5.74, 6) is 1.34. The van der Waals surface area contributed by atoms with Crippen LogP contribution in [0.2, 0.25) is 0 Å². The molecule has 0 aliphatic carbocycles. The summed E-state index contributed by atoms with van der Waals surface area (Å²) in [5, 5.41) is 4.02. The number of carbonyl (C=O) groups excluding carboxylic acids is 1. The number of anilines is 1. The number of hydrogen-bond acceptors (Lipinski definition) is 6. The molecule has 1 fully saturated rings. The Hall–Kier alpha value is -4.13. The molecule has 166 valence electrons. The minimum absolute atomic E-state index is 0.0335. The lowest BCUT2D eigenvalue weighted by Gasteiger charge is -2.36. The van der Waals surface area contributed by atoms with Gasteiger partial charge in [-0.25, -0.2) is 0 Å². The molecule has 5 rings (SSSR count). The number of hydrogen-bond donors (Lipinski definition) is 0. The molecule has 1 aliphatic heterocycles. The predicted molar refractivity (Wildman–Crippen MR) is 125 cm³/mol. The maximum atomic E-state index is 13.2. The first-order valence-electron chi connectivity index (χ1n) is 11.0. The van der Waals surface area contributed by atoms with Gasteiger partial charge in [0.15, 0.2) is 6.61 Å². The second-order valence-electron chi connectivity index (χ2n) is 7.78. The fraction of sp³-hybridized carbons (Fsp3) is 0.192. The van der Waals surface area contributed by atoms with Gasteiger partial charge < -0.3 is 19.1 Å². The Labute approximate surface area is 192 Å². The van der Waals surface area contributed by atoms with Crippen molar-refractivity contribution < 1.29 is 14.1 Å². The van der Waals surface area contributed by atoms with E-state index in [0.29, 0.717) is 36.1 Å². The van der Waals surface area contributed by atoms with E-state index < -0.39 is 0 Å². The fourth-order valence-corrected chi connectivity index (χ4v) is 3.90. The maximum absolute atomic E-state index is 13.2. The van der Waals surface area contributed by atoms with Crippen molar-refractivity contribution >= 4 is 11.6 Å². The SMILES string of the molecule is O=C(c1ccccc1OCc1nc(-c2ccccc2)no1)N1CCN(c2ccccc2)CC1. The smallest absolute Gasteiger partial charge is 0.264 e. The van der Waals surface area contributed by atoms with E-state index in [1.165, 1.54) is 5.69 Å². The summed E-state index contributed by atoms with van der Waals surface area (Å²) in [7, 11) is 0. The molecule has 4 aromatic rings. The van der Waals surface area contributed by atoms with Crippen LogP contribution in [0, 0.1) is 0 Å². The summed E-state index contributed by atoms with van der Waals surface area (Å²) in [6.07, 6.45) is 0. The van der Waals surface area contributed by atoms with Crippen LogP contribution in [0.25, 0.3) is 11.4 Å². The number of rotatable bonds is 6. The third kappa shape index (κ3) is 4.72. The van der Waals surface area contributed by atoms with Gasteiger partial charge in [0.25, 0.3) is 11.8 Å². The number of benzene rings is 3. The molecule has 7 heteroatoms. The molecule has 1 saturated heterocycles. The van der Waals surface area contributed by atoms with Gasteiger partial charge in [-0.1, -0.05) is 65.8 Å². The molecule has 7 nitrogen and oxygen atoms in total. The van der Waals surface area contributed by atoms with Gasteiger partial charge in [0.2, 0.25) is 5.82 Å². The van der Waals surface area contributed by atoms with E-state index in [-0.39, 0.29) is 12.5 Å². The highest BCUT2D eigenvalue weighted by Gasteiger charge is 2.24. The largest absolute Gasteiger partial charge is 0.483 e. The Kier molecular flexibility index (Phi) is 6.01. The monoisotopic (exact) mass is 440 g/mol. The minimum Gasteiger partial charge on any atom is -0.483 e. The zero-order chi connectivity index (χ0) is 22.5. The number of piperazine rings is 1. The third-order valence-corrected chi connectivity index (χ3v) is 5.66. The topological polar surface area (TPSA) is 71.7 Å². The van der Waals surface area contributed by atoms with Crippen LogP contribution in [0.3, 0.4) is 0 Å². The molecule has 0 bridgehead atoms. The van der Waals surface area contributed by atoms with Crippen molar-refractivity contribution in [3.8, 4) is 17.1 Å². The molecule has 0 N–H and O–H groups in total. The quantitative estimate of drug-likeness (QED) is 0.446. The van der Waals surface area contributed by atoms with E-state index in [0.717, 1.165) is 18.7 Å². The number of carbonyl (C=O) groups is 1.